The average molecular weight is 533 g/mol. The molecule has 0 bridgehead atoms. The van der Waals surface area contributed by atoms with E-state index in [1.165, 1.54) is 76.8 Å². The van der Waals surface area contributed by atoms with Crippen molar-refractivity contribution in [3.63, 3.8) is 0 Å². The molecular weight excluding hydrogens is 504 g/mol. The molecule has 196 valence electrons. The van der Waals surface area contributed by atoms with Crippen LogP contribution in [0.25, 0.3) is 76.8 Å². The lowest BCUT2D eigenvalue weighted by molar-refractivity contribution is 1.61. The molecule has 8 rings (SSSR count). The van der Waals surface area contributed by atoms with E-state index in [0.717, 1.165) is 0 Å². The Labute approximate surface area is 246 Å². The summed E-state index contributed by atoms with van der Waals surface area (Å²) in [6, 6.07) is 61.7. The minimum Gasteiger partial charge on any atom is -0.0622 e. The van der Waals surface area contributed by atoms with Gasteiger partial charge in [0.1, 0.15) is 0 Å². The highest BCUT2D eigenvalue weighted by Gasteiger charge is 2.18. The fraction of sp³-hybridized carbons (Fsp3) is 0. The molecule has 0 aliphatic rings. The van der Waals surface area contributed by atoms with Gasteiger partial charge in [-0.2, -0.15) is 0 Å². The molecule has 0 saturated carbocycles. The average Bonchev–Trinajstić information content (AvgIpc) is 3.07. The van der Waals surface area contributed by atoms with Gasteiger partial charge in [0, 0.05) is 0 Å². The lowest BCUT2D eigenvalue weighted by Gasteiger charge is -2.19. The monoisotopic (exact) mass is 532 g/mol. The van der Waals surface area contributed by atoms with E-state index >= 15 is 0 Å². The maximum atomic E-state index is 2.36. The third-order valence-electron chi connectivity index (χ3n) is 8.47. The highest BCUT2D eigenvalue weighted by Crippen LogP contribution is 2.45. The van der Waals surface area contributed by atoms with Crippen LogP contribution in [0.2, 0.25) is 0 Å². The van der Waals surface area contributed by atoms with Crippen molar-refractivity contribution in [2.75, 3.05) is 0 Å². The molecule has 0 aliphatic heterocycles. The molecule has 0 fully saturated rings. The van der Waals surface area contributed by atoms with Gasteiger partial charge in [-0.1, -0.05) is 164 Å². The van der Waals surface area contributed by atoms with E-state index in [1.807, 2.05) is 0 Å². The largest absolute Gasteiger partial charge is 0.0622 e. The van der Waals surface area contributed by atoms with E-state index in [4.69, 9.17) is 0 Å². The number of hydrogen-bond donors (Lipinski definition) is 0. The van der Waals surface area contributed by atoms with Crippen LogP contribution in [0.1, 0.15) is 0 Å². The summed E-state index contributed by atoms with van der Waals surface area (Å²) in [4.78, 5) is 0. The highest BCUT2D eigenvalue weighted by atomic mass is 14.2. The highest BCUT2D eigenvalue weighted by molar-refractivity contribution is 6.23. The van der Waals surface area contributed by atoms with Crippen molar-refractivity contribution < 1.29 is 0 Å². The van der Waals surface area contributed by atoms with Crippen LogP contribution < -0.4 is 0 Å². The van der Waals surface area contributed by atoms with Crippen molar-refractivity contribution in [1.29, 1.82) is 0 Å². The fourth-order valence-corrected chi connectivity index (χ4v) is 6.49. The molecule has 0 nitrogen and oxygen atoms in total. The molecule has 0 unspecified atom stereocenters. The van der Waals surface area contributed by atoms with Gasteiger partial charge in [-0.3, -0.25) is 0 Å². The summed E-state index contributed by atoms with van der Waals surface area (Å²) in [7, 11) is 0. The lowest BCUT2D eigenvalue weighted by Crippen LogP contribution is -1.92. The molecule has 0 spiro atoms. The van der Waals surface area contributed by atoms with Gasteiger partial charge in [-0.05, 0) is 82.9 Å². The maximum absolute atomic E-state index is 2.36. The molecule has 0 saturated heterocycles. The molecule has 0 heteroatoms. The Hall–Kier alpha value is -5.46. The number of benzene rings is 8. The van der Waals surface area contributed by atoms with E-state index in [0.29, 0.717) is 0 Å². The van der Waals surface area contributed by atoms with Crippen molar-refractivity contribution in [2.45, 2.75) is 0 Å². The van der Waals surface area contributed by atoms with Crippen LogP contribution in [0.4, 0.5) is 0 Å². The van der Waals surface area contributed by atoms with E-state index in [1.54, 1.807) is 0 Å². The number of hydrogen-bond acceptors (Lipinski definition) is 0. The summed E-state index contributed by atoms with van der Waals surface area (Å²) in [6.45, 7) is 0. The van der Waals surface area contributed by atoms with Crippen molar-refractivity contribution in [1.82, 2.24) is 0 Å². The Bertz CT molecular complexity index is 2150. The van der Waals surface area contributed by atoms with Crippen molar-refractivity contribution >= 4 is 32.3 Å². The van der Waals surface area contributed by atoms with Crippen LogP contribution in [0.15, 0.2) is 170 Å². The molecule has 42 heavy (non-hydrogen) atoms. The Kier molecular flexibility index (Phi) is 5.90. The summed E-state index contributed by atoms with van der Waals surface area (Å²) in [6.07, 6.45) is 0. The molecule has 0 atom stereocenters. The van der Waals surface area contributed by atoms with Gasteiger partial charge >= 0.3 is 0 Å². The van der Waals surface area contributed by atoms with Gasteiger partial charge in [0.2, 0.25) is 0 Å². The summed E-state index contributed by atoms with van der Waals surface area (Å²) in [5.41, 5.74) is 10.0. The molecule has 8 aromatic rings. The van der Waals surface area contributed by atoms with Gasteiger partial charge in [-0.25, -0.2) is 0 Å². The van der Waals surface area contributed by atoms with Gasteiger partial charge in [0.25, 0.3) is 0 Å². The smallest absolute Gasteiger partial charge is 0.00201 e. The molecule has 0 radical (unpaired) electrons. The first-order valence-electron chi connectivity index (χ1n) is 14.5. The molecule has 8 aromatic carbocycles. The summed E-state index contributed by atoms with van der Waals surface area (Å²) < 4.78 is 0. The molecule has 0 N–H and O–H groups in total. The minimum absolute atomic E-state index is 1.23. The normalized spacial score (nSPS) is 11.3. The predicted molar refractivity (Wildman–Crippen MR) is 181 cm³/mol. The second-order valence-electron chi connectivity index (χ2n) is 10.9. The second kappa shape index (κ2) is 10.2. The third kappa shape index (κ3) is 4.08. The zero-order valence-electron chi connectivity index (χ0n) is 23.2. The fourth-order valence-electron chi connectivity index (χ4n) is 6.49. The van der Waals surface area contributed by atoms with Crippen molar-refractivity contribution in [2.24, 2.45) is 0 Å². The molecule has 0 aliphatic carbocycles. The quantitative estimate of drug-likeness (QED) is 0.198. The summed E-state index contributed by atoms with van der Waals surface area (Å²) in [5, 5.41) is 7.62. The molecule has 0 aromatic heterocycles. The van der Waals surface area contributed by atoms with Crippen LogP contribution in [0.3, 0.4) is 0 Å². The van der Waals surface area contributed by atoms with Gasteiger partial charge in [0.15, 0.2) is 0 Å². The van der Waals surface area contributed by atoms with Gasteiger partial charge < -0.3 is 0 Å². The molecule has 0 amide bonds. The third-order valence-corrected chi connectivity index (χ3v) is 8.47. The topological polar surface area (TPSA) is 0 Å². The summed E-state index contributed by atoms with van der Waals surface area (Å²) >= 11 is 0. The standard InChI is InChI=1S/C42H28/c1-3-12-29(13-4-1)31-22-25-33(26-23-31)41-35-17-7-9-19-37(35)42(38-20-10-8-18-36(38)41)39-21-11-16-32-24-27-34(28-40(32)39)30-14-5-2-6-15-30/h1-28H. The van der Waals surface area contributed by atoms with Crippen molar-refractivity contribution in [3.8, 4) is 44.5 Å². The van der Waals surface area contributed by atoms with Crippen LogP contribution in [0, 0.1) is 0 Å². The minimum atomic E-state index is 1.23. The second-order valence-corrected chi connectivity index (χ2v) is 10.9. The first-order chi connectivity index (χ1) is 20.8. The Balaban J connectivity index is 1.40. The number of rotatable bonds is 4. The van der Waals surface area contributed by atoms with Crippen LogP contribution in [0.5, 0.6) is 0 Å². The van der Waals surface area contributed by atoms with E-state index in [2.05, 4.69) is 170 Å². The van der Waals surface area contributed by atoms with Crippen LogP contribution in [-0.2, 0) is 0 Å². The van der Waals surface area contributed by atoms with E-state index in [9.17, 15) is 0 Å². The first-order valence-corrected chi connectivity index (χ1v) is 14.5. The zero-order valence-corrected chi connectivity index (χ0v) is 23.2. The van der Waals surface area contributed by atoms with Gasteiger partial charge in [0.05, 0.1) is 0 Å². The Morgan fingerprint density at radius 2 is 0.690 bits per heavy atom. The zero-order chi connectivity index (χ0) is 27.9. The first kappa shape index (κ1) is 24.3. The van der Waals surface area contributed by atoms with Crippen LogP contribution in [-0.4, -0.2) is 0 Å². The molecular formula is C42H28. The van der Waals surface area contributed by atoms with Crippen molar-refractivity contribution in [3.05, 3.63) is 170 Å². The maximum Gasteiger partial charge on any atom is -0.00201 e. The van der Waals surface area contributed by atoms with Crippen LogP contribution >= 0.6 is 0 Å². The SMILES string of the molecule is c1ccc(-c2ccc(-c3c4ccccc4c(-c4cccc5ccc(-c6ccccc6)cc45)c4ccccc34)cc2)cc1. The number of fused-ring (bicyclic) bond motifs is 3. The Morgan fingerprint density at radius 3 is 1.29 bits per heavy atom. The lowest BCUT2D eigenvalue weighted by atomic mass is 9.84. The van der Waals surface area contributed by atoms with E-state index in [-0.39, 0.29) is 0 Å². The molecule has 0 heterocycles. The predicted octanol–water partition coefficient (Wildman–Crippen LogP) is 11.8. The van der Waals surface area contributed by atoms with Gasteiger partial charge in [-0.15, -0.1) is 0 Å². The Morgan fingerprint density at radius 1 is 0.238 bits per heavy atom. The van der Waals surface area contributed by atoms with E-state index < -0.39 is 0 Å². The summed E-state index contributed by atoms with van der Waals surface area (Å²) in [5.74, 6) is 0.